The van der Waals surface area contributed by atoms with E-state index >= 15 is 0 Å². The molecule has 0 heterocycles. The highest BCUT2D eigenvalue weighted by Gasteiger charge is 2.16. The molecule has 0 aliphatic carbocycles. The number of nitrogens with zero attached hydrogens (tertiary/aromatic N) is 1. The summed E-state index contributed by atoms with van der Waals surface area (Å²) in [6.07, 6.45) is 3.12. The van der Waals surface area contributed by atoms with Crippen LogP contribution in [-0.2, 0) is 4.74 Å². The minimum atomic E-state index is -0.507. The fraction of sp³-hybridized carbons (Fsp3) is 0.533. The third-order valence-corrected chi connectivity index (χ3v) is 3.14. The van der Waals surface area contributed by atoms with Gasteiger partial charge in [0.05, 0.1) is 17.6 Å². The van der Waals surface area contributed by atoms with Crippen molar-refractivity contribution in [3.63, 3.8) is 0 Å². The summed E-state index contributed by atoms with van der Waals surface area (Å²) in [4.78, 5) is 22.0. The number of rotatable bonds is 8. The Labute approximate surface area is 124 Å². The molecule has 0 unspecified atom stereocenters. The van der Waals surface area contributed by atoms with Gasteiger partial charge in [0, 0.05) is 12.6 Å². The van der Waals surface area contributed by atoms with E-state index in [2.05, 4.69) is 23.9 Å². The molecule has 0 amide bonds. The molecular formula is C15H22N2O4. The van der Waals surface area contributed by atoms with Gasteiger partial charge in [-0.1, -0.05) is 26.7 Å². The topological polar surface area (TPSA) is 81.5 Å². The van der Waals surface area contributed by atoms with E-state index in [-0.39, 0.29) is 5.69 Å². The lowest BCUT2D eigenvalue weighted by atomic mass is 10.1. The van der Waals surface area contributed by atoms with Crippen LogP contribution in [0.5, 0.6) is 0 Å². The standard InChI is InChI=1S/C15H22N2O4/c1-11(2)6-4-5-9-16-13-10-12(15(18)21-3)7-8-14(13)17(19)20/h7-8,10-11,16H,4-6,9H2,1-3H3. The van der Waals surface area contributed by atoms with Gasteiger partial charge in [0.2, 0.25) is 0 Å². The molecule has 1 rings (SSSR count). The molecule has 0 aliphatic heterocycles. The van der Waals surface area contributed by atoms with Crippen LogP contribution in [-0.4, -0.2) is 24.5 Å². The first kappa shape index (κ1) is 16.9. The molecule has 116 valence electrons. The number of hydrogen-bond donors (Lipinski definition) is 1. The predicted molar refractivity (Wildman–Crippen MR) is 81.6 cm³/mol. The van der Waals surface area contributed by atoms with E-state index in [9.17, 15) is 14.9 Å². The highest BCUT2D eigenvalue weighted by molar-refractivity contribution is 5.91. The van der Waals surface area contributed by atoms with Crippen LogP contribution in [0.25, 0.3) is 0 Å². The van der Waals surface area contributed by atoms with Crippen molar-refractivity contribution in [2.45, 2.75) is 33.1 Å². The fourth-order valence-corrected chi connectivity index (χ4v) is 1.98. The lowest BCUT2D eigenvalue weighted by Crippen LogP contribution is -2.07. The van der Waals surface area contributed by atoms with E-state index in [1.54, 1.807) is 0 Å². The molecule has 0 fully saturated rings. The van der Waals surface area contributed by atoms with Crippen LogP contribution in [0.3, 0.4) is 0 Å². The summed E-state index contributed by atoms with van der Waals surface area (Å²) in [7, 11) is 1.28. The first-order valence-electron chi connectivity index (χ1n) is 7.06. The maximum Gasteiger partial charge on any atom is 0.337 e. The minimum Gasteiger partial charge on any atom is -0.465 e. The zero-order valence-electron chi connectivity index (χ0n) is 12.7. The number of benzene rings is 1. The third kappa shape index (κ3) is 5.41. The fourth-order valence-electron chi connectivity index (χ4n) is 1.98. The molecule has 0 radical (unpaired) electrons. The summed E-state index contributed by atoms with van der Waals surface area (Å²) >= 11 is 0. The molecule has 0 bridgehead atoms. The smallest absolute Gasteiger partial charge is 0.337 e. The molecule has 1 N–H and O–H groups in total. The third-order valence-electron chi connectivity index (χ3n) is 3.14. The van der Waals surface area contributed by atoms with Crippen LogP contribution in [0.4, 0.5) is 11.4 Å². The monoisotopic (exact) mass is 294 g/mol. The Hall–Kier alpha value is -2.11. The molecule has 6 heteroatoms. The average molecular weight is 294 g/mol. The van der Waals surface area contributed by atoms with Crippen LogP contribution in [0.1, 0.15) is 43.5 Å². The normalized spacial score (nSPS) is 10.5. The zero-order valence-corrected chi connectivity index (χ0v) is 12.7. The highest BCUT2D eigenvalue weighted by Crippen LogP contribution is 2.26. The summed E-state index contributed by atoms with van der Waals surface area (Å²) in [6.45, 7) is 4.97. The maximum absolute atomic E-state index is 11.5. The number of nitrogens with one attached hydrogen (secondary N) is 1. The summed E-state index contributed by atoms with van der Waals surface area (Å²) in [6, 6.07) is 4.18. The number of anilines is 1. The molecule has 1 aromatic rings. The van der Waals surface area contributed by atoms with Crippen molar-refractivity contribution in [1.82, 2.24) is 0 Å². The van der Waals surface area contributed by atoms with E-state index in [1.807, 2.05) is 0 Å². The van der Waals surface area contributed by atoms with Crippen LogP contribution in [0, 0.1) is 16.0 Å². The van der Waals surface area contributed by atoms with Crippen molar-refractivity contribution in [2.24, 2.45) is 5.92 Å². The Morgan fingerprint density at radius 3 is 2.67 bits per heavy atom. The van der Waals surface area contributed by atoms with Crippen LogP contribution < -0.4 is 5.32 Å². The second-order valence-electron chi connectivity index (χ2n) is 5.30. The number of esters is 1. The number of hydrogen-bond acceptors (Lipinski definition) is 5. The van der Waals surface area contributed by atoms with Crippen LogP contribution >= 0.6 is 0 Å². The lowest BCUT2D eigenvalue weighted by molar-refractivity contribution is -0.384. The van der Waals surface area contributed by atoms with Gasteiger partial charge in [0.15, 0.2) is 0 Å². The first-order chi connectivity index (χ1) is 9.95. The molecule has 21 heavy (non-hydrogen) atoms. The molecule has 6 nitrogen and oxygen atoms in total. The van der Waals surface area contributed by atoms with Crippen molar-refractivity contribution >= 4 is 17.3 Å². The quantitative estimate of drug-likeness (QED) is 0.343. The molecule has 0 aliphatic rings. The van der Waals surface area contributed by atoms with E-state index in [0.717, 1.165) is 19.3 Å². The van der Waals surface area contributed by atoms with Gasteiger partial charge in [-0.3, -0.25) is 10.1 Å². The summed E-state index contributed by atoms with van der Waals surface area (Å²) in [5.74, 6) is 0.148. The van der Waals surface area contributed by atoms with E-state index in [0.29, 0.717) is 23.7 Å². The maximum atomic E-state index is 11.5. The Bertz CT molecular complexity index is 500. The van der Waals surface area contributed by atoms with Crippen molar-refractivity contribution in [3.8, 4) is 0 Å². The number of unbranched alkanes of at least 4 members (excludes halogenated alkanes) is 1. The predicted octanol–water partition coefficient (Wildman–Crippen LogP) is 3.62. The molecular weight excluding hydrogens is 272 g/mol. The molecule has 0 spiro atoms. The van der Waals surface area contributed by atoms with Gasteiger partial charge in [-0.15, -0.1) is 0 Å². The number of carbonyl (C=O) groups is 1. The van der Waals surface area contributed by atoms with Crippen molar-refractivity contribution < 1.29 is 14.5 Å². The molecule has 0 saturated heterocycles. The van der Waals surface area contributed by atoms with E-state index < -0.39 is 10.9 Å². The first-order valence-corrected chi connectivity index (χ1v) is 7.06. The van der Waals surface area contributed by atoms with Gasteiger partial charge in [-0.2, -0.15) is 0 Å². The number of nitro groups is 1. The van der Waals surface area contributed by atoms with Gasteiger partial charge < -0.3 is 10.1 Å². The zero-order chi connectivity index (χ0) is 15.8. The van der Waals surface area contributed by atoms with Gasteiger partial charge in [0.25, 0.3) is 5.69 Å². The van der Waals surface area contributed by atoms with Gasteiger partial charge in [-0.25, -0.2) is 4.79 Å². The van der Waals surface area contributed by atoms with Gasteiger partial charge >= 0.3 is 5.97 Å². The summed E-state index contributed by atoms with van der Waals surface area (Å²) in [5.41, 5.74) is 0.617. The van der Waals surface area contributed by atoms with Crippen LogP contribution in [0.15, 0.2) is 18.2 Å². The lowest BCUT2D eigenvalue weighted by Gasteiger charge is -2.09. The molecule has 1 aromatic carbocycles. The van der Waals surface area contributed by atoms with Gasteiger partial charge in [-0.05, 0) is 24.5 Å². The second kappa shape index (κ2) is 8.24. The number of nitro benzene ring substituents is 1. The van der Waals surface area contributed by atoms with Crippen molar-refractivity contribution in [1.29, 1.82) is 0 Å². The molecule has 0 saturated carbocycles. The number of methoxy groups -OCH3 is 1. The van der Waals surface area contributed by atoms with Crippen molar-refractivity contribution in [3.05, 3.63) is 33.9 Å². The molecule has 0 atom stereocenters. The van der Waals surface area contributed by atoms with Crippen molar-refractivity contribution in [2.75, 3.05) is 19.0 Å². The number of ether oxygens (including phenoxy) is 1. The largest absolute Gasteiger partial charge is 0.465 e. The van der Waals surface area contributed by atoms with E-state index in [4.69, 9.17) is 0 Å². The van der Waals surface area contributed by atoms with Gasteiger partial charge in [0.1, 0.15) is 5.69 Å². The number of carbonyl (C=O) groups excluding carboxylic acids is 1. The second-order valence-corrected chi connectivity index (χ2v) is 5.30. The Kier molecular flexibility index (Phi) is 6.65. The van der Waals surface area contributed by atoms with E-state index in [1.165, 1.54) is 25.3 Å². The Balaban J connectivity index is 2.72. The van der Waals surface area contributed by atoms with Crippen LogP contribution in [0.2, 0.25) is 0 Å². The summed E-state index contributed by atoms with van der Waals surface area (Å²) in [5, 5.41) is 14.0. The molecule has 0 aromatic heterocycles. The Morgan fingerprint density at radius 1 is 1.38 bits per heavy atom. The summed E-state index contributed by atoms with van der Waals surface area (Å²) < 4.78 is 4.62. The Morgan fingerprint density at radius 2 is 2.10 bits per heavy atom. The average Bonchev–Trinajstić information content (AvgIpc) is 2.45. The highest BCUT2D eigenvalue weighted by atomic mass is 16.6. The minimum absolute atomic E-state index is 0.0356. The SMILES string of the molecule is COC(=O)c1ccc([N+](=O)[O-])c(NCCCCC(C)C)c1.